The number of carboxylic acid groups (broad SMARTS) is 1. The molecule has 1 amide bonds. The number of hydrazone groups is 1. The Morgan fingerprint density at radius 2 is 1.87 bits per heavy atom. The van der Waals surface area contributed by atoms with E-state index >= 15 is 0 Å². The zero-order valence-corrected chi connectivity index (χ0v) is 13.4. The second kappa shape index (κ2) is 8.09. The molecule has 0 aliphatic heterocycles. The van der Waals surface area contributed by atoms with E-state index in [0.29, 0.717) is 21.3 Å². The number of aliphatic carboxylic acids is 1. The molecule has 0 unspecified atom stereocenters. The number of rotatable bonds is 6. The van der Waals surface area contributed by atoms with Crippen molar-refractivity contribution >= 4 is 34.0 Å². The van der Waals surface area contributed by atoms with Gasteiger partial charge in [0, 0.05) is 10.0 Å². The van der Waals surface area contributed by atoms with Crippen LogP contribution >= 0.6 is 15.9 Å². The van der Waals surface area contributed by atoms with E-state index in [1.54, 1.807) is 48.5 Å². The molecule has 0 fully saturated rings. The Balaban J connectivity index is 2.05. The number of amides is 1. The third-order valence-electron chi connectivity index (χ3n) is 2.75. The summed E-state index contributed by atoms with van der Waals surface area (Å²) in [6, 6.07) is 13.7. The second-order valence-corrected chi connectivity index (χ2v) is 5.23. The number of nitrogens with one attached hydrogen (secondary N) is 1. The lowest BCUT2D eigenvalue weighted by Crippen LogP contribution is -2.29. The smallest absolute Gasteiger partial charge is 0.272 e. The summed E-state index contributed by atoms with van der Waals surface area (Å²) in [5, 5.41) is 14.3. The molecule has 0 bridgehead atoms. The number of carbonyl (C=O) groups excluding carboxylic acids is 2. The average molecular weight is 376 g/mol. The van der Waals surface area contributed by atoms with Gasteiger partial charge in [-0.15, -0.1) is 0 Å². The first-order valence-electron chi connectivity index (χ1n) is 6.57. The van der Waals surface area contributed by atoms with Gasteiger partial charge >= 0.3 is 0 Å². The molecule has 0 atom stereocenters. The summed E-state index contributed by atoms with van der Waals surface area (Å²) in [6.45, 7) is -0.561. The van der Waals surface area contributed by atoms with E-state index in [4.69, 9.17) is 4.74 Å². The molecule has 2 aromatic carbocycles. The Morgan fingerprint density at radius 1 is 1.17 bits per heavy atom. The minimum absolute atomic E-state index is 0.329. The highest BCUT2D eigenvalue weighted by Crippen LogP contribution is 2.16. The molecule has 6 nitrogen and oxygen atoms in total. The first-order chi connectivity index (χ1) is 11.1. The first-order valence-corrected chi connectivity index (χ1v) is 7.37. The van der Waals surface area contributed by atoms with Crippen molar-refractivity contribution in [1.82, 2.24) is 5.43 Å². The van der Waals surface area contributed by atoms with Gasteiger partial charge < -0.3 is 14.6 Å². The van der Waals surface area contributed by atoms with Crippen molar-refractivity contribution in [1.29, 1.82) is 0 Å². The topological polar surface area (TPSA) is 90.8 Å². The Bertz CT molecular complexity index is 746. The number of nitrogens with zero attached hydrogens (tertiary/aromatic N) is 1. The van der Waals surface area contributed by atoms with Crippen molar-refractivity contribution in [2.24, 2.45) is 5.10 Å². The molecular formula is C16H12BrN2O4-. The fraction of sp³-hybridized carbons (Fsp3) is 0.0625. The number of carboxylic acids is 1. The van der Waals surface area contributed by atoms with E-state index < -0.39 is 12.6 Å². The van der Waals surface area contributed by atoms with Gasteiger partial charge in [-0.25, -0.2) is 5.43 Å². The number of carbonyl (C=O) groups is 2. The highest BCUT2D eigenvalue weighted by molar-refractivity contribution is 9.10. The van der Waals surface area contributed by atoms with Crippen LogP contribution in [0.25, 0.3) is 0 Å². The van der Waals surface area contributed by atoms with Crippen LogP contribution in [0, 0.1) is 0 Å². The summed E-state index contributed by atoms with van der Waals surface area (Å²) in [6.07, 6.45) is 1.37. The van der Waals surface area contributed by atoms with Gasteiger partial charge in [0.05, 0.1) is 17.7 Å². The van der Waals surface area contributed by atoms with E-state index in [1.165, 1.54) is 6.21 Å². The van der Waals surface area contributed by atoms with E-state index in [1.807, 2.05) is 0 Å². The number of para-hydroxylation sites is 1. The van der Waals surface area contributed by atoms with E-state index in [2.05, 4.69) is 26.5 Å². The average Bonchev–Trinajstić information content (AvgIpc) is 2.54. The minimum Gasteiger partial charge on any atom is -0.546 e. The van der Waals surface area contributed by atoms with Gasteiger partial charge in [0.2, 0.25) is 0 Å². The number of benzene rings is 2. The van der Waals surface area contributed by atoms with Crippen LogP contribution < -0.4 is 15.3 Å². The zero-order valence-electron chi connectivity index (χ0n) is 11.9. The Morgan fingerprint density at radius 3 is 2.61 bits per heavy atom. The summed E-state index contributed by atoms with van der Waals surface area (Å²) in [5.41, 5.74) is 3.38. The third kappa shape index (κ3) is 4.93. The van der Waals surface area contributed by atoms with Crippen LogP contribution in [-0.4, -0.2) is 24.7 Å². The van der Waals surface area contributed by atoms with Gasteiger partial charge in [0.25, 0.3) is 5.91 Å². The molecule has 7 heteroatoms. The van der Waals surface area contributed by atoms with Crippen molar-refractivity contribution in [3.05, 3.63) is 64.1 Å². The van der Waals surface area contributed by atoms with Gasteiger partial charge in [-0.1, -0.05) is 24.3 Å². The second-order valence-electron chi connectivity index (χ2n) is 4.38. The van der Waals surface area contributed by atoms with Gasteiger partial charge in [-0.05, 0) is 40.2 Å². The number of hydrogen-bond acceptors (Lipinski definition) is 5. The molecule has 2 aromatic rings. The molecule has 2 rings (SSSR count). The molecule has 0 aliphatic carbocycles. The fourth-order valence-corrected chi connectivity index (χ4v) is 2.19. The lowest BCUT2D eigenvalue weighted by molar-refractivity contribution is -0.307. The zero-order chi connectivity index (χ0) is 16.7. The number of ether oxygens (including phenoxy) is 1. The molecule has 0 aliphatic rings. The summed E-state index contributed by atoms with van der Waals surface area (Å²) in [7, 11) is 0. The van der Waals surface area contributed by atoms with E-state index in [-0.39, 0.29) is 5.91 Å². The lowest BCUT2D eigenvalue weighted by atomic mass is 10.2. The Kier molecular flexibility index (Phi) is 5.87. The largest absolute Gasteiger partial charge is 0.546 e. The van der Waals surface area contributed by atoms with Gasteiger partial charge in [0.15, 0.2) is 0 Å². The van der Waals surface area contributed by atoms with Crippen LogP contribution in [0.2, 0.25) is 0 Å². The van der Waals surface area contributed by atoms with Crippen LogP contribution in [0.4, 0.5) is 0 Å². The molecule has 0 radical (unpaired) electrons. The molecule has 1 N–H and O–H groups in total. The quantitative estimate of drug-likeness (QED) is 0.609. The van der Waals surface area contributed by atoms with Crippen molar-refractivity contribution in [2.75, 3.05) is 6.61 Å². The predicted molar refractivity (Wildman–Crippen MR) is 86.1 cm³/mol. The molecule has 23 heavy (non-hydrogen) atoms. The normalized spacial score (nSPS) is 10.5. The van der Waals surface area contributed by atoms with Gasteiger partial charge in [-0.2, -0.15) is 5.10 Å². The molecule has 118 valence electrons. The fourth-order valence-electron chi connectivity index (χ4n) is 1.72. The summed E-state index contributed by atoms with van der Waals surface area (Å²) < 4.78 is 5.74. The minimum atomic E-state index is -1.32. The van der Waals surface area contributed by atoms with E-state index in [9.17, 15) is 14.7 Å². The first kappa shape index (κ1) is 16.7. The Labute approximate surface area is 140 Å². The molecule has 0 aromatic heterocycles. The summed E-state index contributed by atoms with van der Waals surface area (Å²) >= 11 is 3.29. The maximum Gasteiger partial charge on any atom is 0.272 e. The van der Waals surface area contributed by atoms with Crippen molar-refractivity contribution in [2.45, 2.75) is 0 Å². The Hall–Kier alpha value is -2.67. The van der Waals surface area contributed by atoms with E-state index in [0.717, 1.165) is 0 Å². The monoisotopic (exact) mass is 375 g/mol. The van der Waals surface area contributed by atoms with Gasteiger partial charge in [0.1, 0.15) is 12.4 Å². The number of hydrogen-bond donors (Lipinski definition) is 1. The maximum absolute atomic E-state index is 12.0. The summed E-state index contributed by atoms with van der Waals surface area (Å²) in [5.74, 6) is -1.36. The van der Waals surface area contributed by atoms with Crippen LogP contribution in [0.3, 0.4) is 0 Å². The molecule has 0 saturated heterocycles. The van der Waals surface area contributed by atoms with Crippen molar-refractivity contribution in [3.8, 4) is 5.75 Å². The van der Waals surface area contributed by atoms with Crippen LogP contribution in [0.15, 0.2) is 58.1 Å². The van der Waals surface area contributed by atoms with Crippen LogP contribution in [0.5, 0.6) is 5.75 Å². The van der Waals surface area contributed by atoms with Crippen LogP contribution in [-0.2, 0) is 4.79 Å². The maximum atomic E-state index is 12.0. The van der Waals surface area contributed by atoms with Crippen molar-refractivity contribution < 1.29 is 19.4 Å². The van der Waals surface area contributed by atoms with Crippen LogP contribution in [0.1, 0.15) is 15.9 Å². The van der Waals surface area contributed by atoms with Crippen molar-refractivity contribution in [3.63, 3.8) is 0 Å². The highest BCUT2D eigenvalue weighted by Gasteiger charge is 2.07. The molecule has 0 saturated carbocycles. The lowest BCUT2D eigenvalue weighted by Gasteiger charge is -2.09. The molecule has 0 spiro atoms. The standard InChI is InChI=1S/C16H13BrN2O4/c17-13-7-3-2-6-12(13)16(22)19-18-9-11-5-1-4-8-14(11)23-10-15(20)21/h1-9H,10H2,(H,19,22)(H,20,21)/p-1/b18-9-. The highest BCUT2D eigenvalue weighted by atomic mass is 79.9. The molecule has 0 heterocycles. The third-order valence-corrected chi connectivity index (χ3v) is 3.44. The predicted octanol–water partition coefficient (Wildman–Crippen LogP) is 1.34. The summed E-state index contributed by atoms with van der Waals surface area (Å²) in [4.78, 5) is 22.4. The SMILES string of the molecule is O=C([O-])COc1ccccc1/C=N\NC(=O)c1ccccc1Br. The van der Waals surface area contributed by atoms with Gasteiger partial charge in [-0.3, -0.25) is 4.79 Å². The number of halogens is 1. The molecular weight excluding hydrogens is 364 g/mol.